The zero-order valence-corrected chi connectivity index (χ0v) is 12.4. The number of hydrogen-bond donors (Lipinski definition) is 1. The zero-order valence-electron chi connectivity index (χ0n) is 10.9. The van der Waals surface area contributed by atoms with Gasteiger partial charge >= 0.3 is 0 Å². The van der Waals surface area contributed by atoms with E-state index in [9.17, 15) is 9.59 Å². The summed E-state index contributed by atoms with van der Waals surface area (Å²) in [5, 5.41) is 2.38. The second-order valence-corrected chi connectivity index (χ2v) is 4.78. The second kappa shape index (κ2) is 6.56. The summed E-state index contributed by atoms with van der Waals surface area (Å²) < 4.78 is 5.11. The summed E-state index contributed by atoms with van der Waals surface area (Å²) in [5.74, 6) is 0.250. The molecular weight excluding hydrogens is 315 g/mol. The number of carbonyl (C=O) groups is 2. The van der Waals surface area contributed by atoms with E-state index in [1.165, 1.54) is 31.5 Å². The first kappa shape index (κ1) is 15.3. The molecule has 7 heteroatoms. The van der Waals surface area contributed by atoms with Crippen LogP contribution in [0.2, 0.25) is 5.02 Å². The Labute approximate surface area is 130 Å². The van der Waals surface area contributed by atoms with Crippen molar-refractivity contribution in [1.29, 1.82) is 0 Å². The first-order valence-electron chi connectivity index (χ1n) is 5.82. The number of hydrogen-bond acceptors (Lipinski definition) is 4. The number of carbonyl (C=O) groups excluding carboxylic acids is 2. The summed E-state index contributed by atoms with van der Waals surface area (Å²) >= 11 is 11.2. The molecule has 108 valence electrons. The van der Waals surface area contributed by atoms with E-state index in [0.717, 1.165) is 0 Å². The summed E-state index contributed by atoms with van der Waals surface area (Å²) in [7, 11) is 1.46. The number of pyridine rings is 1. The molecule has 0 unspecified atom stereocenters. The molecule has 1 N–H and O–H groups in total. The van der Waals surface area contributed by atoms with Crippen LogP contribution in [0.15, 0.2) is 36.5 Å². The number of methoxy groups -OCH3 is 1. The quantitative estimate of drug-likeness (QED) is 0.875. The maximum atomic E-state index is 12.2. The SMILES string of the molecule is COc1ccc(Cl)cc1C(=O)Nc1ccc(C(=O)Cl)cn1. The molecule has 0 saturated carbocycles. The fraction of sp³-hybridized carbons (Fsp3) is 0.0714. The van der Waals surface area contributed by atoms with Crippen molar-refractivity contribution in [2.45, 2.75) is 0 Å². The average Bonchev–Trinajstić information content (AvgIpc) is 2.47. The van der Waals surface area contributed by atoms with Gasteiger partial charge in [-0.25, -0.2) is 4.98 Å². The molecule has 0 aliphatic carbocycles. The number of anilines is 1. The van der Waals surface area contributed by atoms with Crippen LogP contribution < -0.4 is 10.1 Å². The third kappa shape index (κ3) is 3.71. The van der Waals surface area contributed by atoms with E-state index in [2.05, 4.69) is 10.3 Å². The van der Waals surface area contributed by atoms with E-state index in [1.807, 2.05) is 0 Å². The van der Waals surface area contributed by atoms with Gasteiger partial charge in [-0.15, -0.1) is 0 Å². The van der Waals surface area contributed by atoms with Crippen molar-refractivity contribution in [3.63, 3.8) is 0 Å². The molecule has 1 aromatic carbocycles. The highest BCUT2D eigenvalue weighted by Gasteiger charge is 2.14. The minimum Gasteiger partial charge on any atom is -0.496 e. The van der Waals surface area contributed by atoms with Gasteiger partial charge in [0.05, 0.1) is 18.2 Å². The Morgan fingerprint density at radius 2 is 2.00 bits per heavy atom. The largest absolute Gasteiger partial charge is 0.496 e. The van der Waals surface area contributed by atoms with Gasteiger partial charge in [-0.3, -0.25) is 9.59 Å². The molecule has 1 aromatic heterocycles. The molecule has 0 radical (unpaired) electrons. The van der Waals surface area contributed by atoms with Crippen LogP contribution in [0.1, 0.15) is 20.7 Å². The Morgan fingerprint density at radius 1 is 1.24 bits per heavy atom. The van der Waals surface area contributed by atoms with Crippen molar-refractivity contribution in [2.75, 3.05) is 12.4 Å². The monoisotopic (exact) mass is 324 g/mol. The molecule has 0 aliphatic rings. The van der Waals surface area contributed by atoms with Gasteiger partial charge < -0.3 is 10.1 Å². The zero-order chi connectivity index (χ0) is 15.4. The van der Waals surface area contributed by atoms with E-state index >= 15 is 0 Å². The van der Waals surface area contributed by atoms with Gasteiger partial charge in [0.2, 0.25) is 0 Å². The molecule has 0 saturated heterocycles. The van der Waals surface area contributed by atoms with E-state index in [-0.39, 0.29) is 16.9 Å². The average molecular weight is 325 g/mol. The lowest BCUT2D eigenvalue weighted by Gasteiger charge is -2.09. The number of amides is 1. The molecule has 0 atom stereocenters. The van der Waals surface area contributed by atoms with Crippen LogP contribution in [0.5, 0.6) is 5.75 Å². The summed E-state index contributed by atoms with van der Waals surface area (Å²) in [6.07, 6.45) is 1.28. The van der Waals surface area contributed by atoms with Crippen LogP contribution >= 0.6 is 23.2 Å². The predicted molar refractivity (Wildman–Crippen MR) is 80.4 cm³/mol. The van der Waals surface area contributed by atoms with Gasteiger partial charge in [0, 0.05) is 11.2 Å². The molecule has 5 nitrogen and oxygen atoms in total. The number of rotatable bonds is 4. The van der Waals surface area contributed by atoms with E-state index in [1.54, 1.807) is 12.1 Å². The maximum absolute atomic E-state index is 12.2. The van der Waals surface area contributed by atoms with Crippen LogP contribution in [0.25, 0.3) is 0 Å². The normalized spacial score (nSPS) is 10.0. The molecule has 2 rings (SSSR count). The summed E-state index contributed by atoms with van der Waals surface area (Å²) in [5.41, 5.74) is 0.527. The fourth-order valence-corrected chi connectivity index (χ4v) is 1.91. The van der Waals surface area contributed by atoms with Crippen LogP contribution in [-0.4, -0.2) is 23.2 Å². The van der Waals surface area contributed by atoms with E-state index < -0.39 is 11.1 Å². The number of nitrogens with one attached hydrogen (secondary N) is 1. The summed E-state index contributed by atoms with van der Waals surface area (Å²) in [6.45, 7) is 0. The number of benzene rings is 1. The molecule has 0 fully saturated rings. The predicted octanol–water partition coefficient (Wildman–Crippen LogP) is 3.37. The van der Waals surface area contributed by atoms with Crippen LogP contribution in [0, 0.1) is 0 Å². The Balaban J connectivity index is 2.21. The number of nitrogens with zero attached hydrogens (tertiary/aromatic N) is 1. The summed E-state index contributed by atoms with van der Waals surface area (Å²) in [4.78, 5) is 27.0. The first-order chi connectivity index (χ1) is 10.0. The van der Waals surface area contributed by atoms with Gasteiger partial charge in [0.1, 0.15) is 11.6 Å². The first-order valence-corrected chi connectivity index (χ1v) is 6.57. The molecule has 0 aliphatic heterocycles. The van der Waals surface area contributed by atoms with Crippen molar-refractivity contribution in [2.24, 2.45) is 0 Å². The van der Waals surface area contributed by atoms with E-state index in [4.69, 9.17) is 27.9 Å². The van der Waals surface area contributed by atoms with E-state index in [0.29, 0.717) is 10.8 Å². The molecule has 0 spiro atoms. The molecule has 0 bridgehead atoms. The van der Waals surface area contributed by atoms with Gasteiger partial charge in [-0.1, -0.05) is 11.6 Å². The third-order valence-corrected chi connectivity index (χ3v) is 3.09. The highest BCUT2D eigenvalue weighted by atomic mass is 35.5. The lowest BCUT2D eigenvalue weighted by Crippen LogP contribution is -2.14. The lowest BCUT2D eigenvalue weighted by molar-refractivity contribution is 0.102. The molecule has 1 amide bonds. The van der Waals surface area contributed by atoms with Crippen LogP contribution in [-0.2, 0) is 0 Å². The number of aromatic nitrogens is 1. The van der Waals surface area contributed by atoms with Crippen molar-refractivity contribution in [1.82, 2.24) is 4.98 Å². The van der Waals surface area contributed by atoms with Gasteiger partial charge in [0.15, 0.2) is 0 Å². The van der Waals surface area contributed by atoms with Crippen molar-refractivity contribution < 1.29 is 14.3 Å². The maximum Gasteiger partial charge on any atom is 0.260 e. The van der Waals surface area contributed by atoms with Crippen molar-refractivity contribution in [3.05, 3.63) is 52.7 Å². The highest BCUT2D eigenvalue weighted by molar-refractivity contribution is 6.67. The Bertz CT molecular complexity index is 687. The smallest absolute Gasteiger partial charge is 0.260 e. The van der Waals surface area contributed by atoms with Crippen molar-refractivity contribution in [3.8, 4) is 5.75 Å². The number of halogens is 2. The lowest BCUT2D eigenvalue weighted by atomic mass is 10.2. The topological polar surface area (TPSA) is 68.3 Å². The standard InChI is InChI=1S/C14H10Cl2N2O3/c1-21-11-4-3-9(15)6-10(11)14(20)18-12-5-2-8(7-17-12)13(16)19/h2-7H,1H3,(H,17,18,20). The van der Waals surface area contributed by atoms with Gasteiger partial charge in [0.25, 0.3) is 11.1 Å². The van der Waals surface area contributed by atoms with Gasteiger partial charge in [-0.2, -0.15) is 0 Å². The Hall–Kier alpha value is -2.11. The fourth-order valence-electron chi connectivity index (χ4n) is 1.63. The van der Waals surface area contributed by atoms with Crippen LogP contribution in [0.3, 0.4) is 0 Å². The minimum atomic E-state index is -0.614. The Kier molecular flexibility index (Phi) is 4.77. The third-order valence-electron chi connectivity index (χ3n) is 2.64. The highest BCUT2D eigenvalue weighted by Crippen LogP contribution is 2.23. The molecule has 1 heterocycles. The Morgan fingerprint density at radius 3 is 2.57 bits per heavy atom. The van der Waals surface area contributed by atoms with Crippen molar-refractivity contribution >= 4 is 40.2 Å². The second-order valence-electron chi connectivity index (χ2n) is 4.00. The summed E-state index contributed by atoms with van der Waals surface area (Å²) in [6, 6.07) is 7.65. The van der Waals surface area contributed by atoms with Gasteiger partial charge in [-0.05, 0) is 41.9 Å². The number of ether oxygens (including phenoxy) is 1. The molecule has 21 heavy (non-hydrogen) atoms. The van der Waals surface area contributed by atoms with Crippen LogP contribution in [0.4, 0.5) is 5.82 Å². The minimum absolute atomic E-state index is 0.245. The molecular formula is C14H10Cl2N2O3. The molecule has 2 aromatic rings.